The molecule has 1 unspecified atom stereocenters. The maximum absolute atomic E-state index is 12.8. The van der Waals surface area contributed by atoms with Crippen LogP contribution in [0.25, 0.3) is 0 Å². The standard InChI is InChI=1S/C24H29NO4/c1-27-21-9-7-20(8-10-21)23(26)25-14-12-24(13-15-25)17-22(11-16-29-24)28-18-19-5-3-2-4-6-19/h2-10,22H,11-18H2,1H3. The molecule has 1 spiro atoms. The minimum atomic E-state index is -0.156. The number of ether oxygens (including phenoxy) is 3. The highest BCUT2D eigenvalue weighted by Gasteiger charge is 2.41. The van der Waals surface area contributed by atoms with Crippen LogP contribution >= 0.6 is 0 Å². The quantitative estimate of drug-likeness (QED) is 0.766. The number of nitrogens with zero attached hydrogens (tertiary/aromatic N) is 1. The van der Waals surface area contributed by atoms with E-state index in [4.69, 9.17) is 14.2 Å². The number of carbonyl (C=O) groups is 1. The molecule has 29 heavy (non-hydrogen) atoms. The van der Waals surface area contributed by atoms with Gasteiger partial charge in [0.1, 0.15) is 5.75 Å². The van der Waals surface area contributed by atoms with Gasteiger partial charge in [0.05, 0.1) is 25.4 Å². The highest BCUT2D eigenvalue weighted by molar-refractivity contribution is 5.94. The van der Waals surface area contributed by atoms with Crippen LogP contribution in [0.1, 0.15) is 41.6 Å². The van der Waals surface area contributed by atoms with Gasteiger partial charge in [0.2, 0.25) is 0 Å². The molecule has 0 aromatic heterocycles. The zero-order chi connectivity index (χ0) is 20.1. The monoisotopic (exact) mass is 395 g/mol. The Labute approximate surface area is 172 Å². The van der Waals surface area contributed by atoms with Crippen LogP contribution in [0.4, 0.5) is 0 Å². The number of benzene rings is 2. The van der Waals surface area contributed by atoms with Gasteiger partial charge in [0, 0.05) is 31.7 Å². The molecule has 5 nitrogen and oxygen atoms in total. The molecule has 1 atom stereocenters. The predicted molar refractivity (Wildman–Crippen MR) is 111 cm³/mol. The van der Waals surface area contributed by atoms with Gasteiger partial charge in [-0.15, -0.1) is 0 Å². The van der Waals surface area contributed by atoms with E-state index in [1.165, 1.54) is 5.56 Å². The first-order valence-corrected chi connectivity index (χ1v) is 10.4. The summed E-state index contributed by atoms with van der Waals surface area (Å²) < 4.78 is 17.6. The average Bonchev–Trinajstić information content (AvgIpc) is 2.79. The van der Waals surface area contributed by atoms with E-state index in [0.717, 1.165) is 51.1 Å². The zero-order valence-corrected chi connectivity index (χ0v) is 17.0. The van der Waals surface area contributed by atoms with E-state index in [1.807, 2.05) is 47.4 Å². The summed E-state index contributed by atoms with van der Waals surface area (Å²) in [5.41, 5.74) is 1.75. The van der Waals surface area contributed by atoms with Gasteiger partial charge in [0.15, 0.2) is 0 Å². The molecule has 2 fully saturated rings. The van der Waals surface area contributed by atoms with Gasteiger partial charge in [-0.2, -0.15) is 0 Å². The van der Waals surface area contributed by atoms with E-state index < -0.39 is 0 Å². The fourth-order valence-corrected chi connectivity index (χ4v) is 4.30. The smallest absolute Gasteiger partial charge is 0.253 e. The fourth-order valence-electron chi connectivity index (χ4n) is 4.30. The van der Waals surface area contributed by atoms with Gasteiger partial charge in [0.25, 0.3) is 5.91 Å². The van der Waals surface area contributed by atoms with E-state index in [0.29, 0.717) is 12.2 Å². The Bertz CT molecular complexity index is 797. The van der Waals surface area contributed by atoms with Gasteiger partial charge in [-0.3, -0.25) is 4.79 Å². The summed E-state index contributed by atoms with van der Waals surface area (Å²) in [6.45, 7) is 2.81. The third-order valence-corrected chi connectivity index (χ3v) is 6.08. The van der Waals surface area contributed by atoms with Crippen molar-refractivity contribution in [3.05, 3.63) is 65.7 Å². The summed E-state index contributed by atoms with van der Waals surface area (Å²) in [5.74, 6) is 0.839. The van der Waals surface area contributed by atoms with Crippen LogP contribution in [0, 0.1) is 0 Å². The van der Waals surface area contributed by atoms with E-state index in [9.17, 15) is 4.79 Å². The van der Waals surface area contributed by atoms with Gasteiger partial charge in [-0.1, -0.05) is 30.3 Å². The maximum Gasteiger partial charge on any atom is 0.253 e. The Morgan fingerprint density at radius 2 is 1.83 bits per heavy atom. The molecule has 0 saturated carbocycles. The summed E-state index contributed by atoms with van der Waals surface area (Å²) in [5, 5.41) is 0. The first-order valence-electron chi connectivity index (χ1n) is 10.4. The largest absolute Gasteiger partial charge is 0.497 e. The molecule has 0 aliphatic carbocycles. The van der Waals surface area contributed by atoms with E-state index in [2.05, 4.69) is 12.1 Å². The van der Waals surface area contributed by atoms with Gasteiger partial charge in [-0.25, -0.2) is 0 Å². The zero-order valence-electron chi connectivity index (χ0n) is 17.0. The molecule has 0 N–H and O–H groups in total. The fraction of sp³-hybridized carbons (Fsp3) is 0.458. The molecule has 0 bridgehead atoms. The van der Waals surface area contributed by atoms with E-state index >= 15 is 0 Å². The SMILES string of the molecule is COc1ccc(C(=O)N2CCC3(CC2)CC(OCc2ccccc2)CCO3)cc1. The van der Waals surface area contributed by atoms with E-state index in [1.54, 1.807) is 7.11 Å². The Morgan fingerprint density at radius 3 is 2.52 bits per heavy atom. The molecule has 154 valence electrons. The van der Waals surface area contributed by atoms with Crippen molar-refractivity contribution in [3.63, 3.8) is 0 Å². The Kier molecular flexibility index (Phi) is 6.16. The number of likely N-dealkylation sites (tertiary alicyclic amines) is 1. The lowest BCUT2D eigenvalue weighted by Gasteiger charge is -2.46. The minimum absolute atomic E-state index is 0.0789. The lowest BCUT2D eigenvalue weighted by atomic mass is 9.83. The third-order valence-electron chi connectivity index (χ3n) is 6.08. The van der Waals surface area contributed by atoms with Crippen LogP contribution in [0.3, 0.4) is 0 Å². The second kappa shape index (κ2) is 8.97. The van der Waals surface area contributed by atoms with Crippen molar-refractivity contribution < 1.29 is 19.0 Å². The molecule has 5 heteroatoms. The molecular formula is C24H29NO4. The summed E-state index contributed by atoms with van der Waals surface area (Å²) in [6, 6.07) is 17.6. The van der Waals surface area contributed by atoms with Crippen LogP contribution in [0.5, 0.6) is 5.75 Å². The Balaban J connectivity index is 1.31. The van der Waals surface area contributed by atoms with Crippen LogP contribution in [-0.4, -0.2) is 49.3 Å². The van der Waals surface area contributed by atoms with Crippen molar-refractivity contribution in [1.29, 1.82) is 0 Å². The van der Waals surface area contributed by atoms with Gasteiger partial charge >= 0.3 is 0 Å². The second-order valence-electron chi connectivity index (χ2n) is 7.96. The van der Waals surface area contributed by atoms with E-state index in [-0.39, 0.29) is 17.6 Å². The maximum atomic E-state index is 12.8. The van der Waals surface area contributed by atoms with Gasteiger partial charge in [-0.05, 0) is 49.1 Å². The normalized spacial score (nSPS) is 21.1. The second-order valence-corrected chi connectivity index (χ2v) is 7.96. The molecule has 2 aromatic carbocycles. The number of hydrogen-bond donors (Lipinski definition) is 0. The molecule has 0 radical (unpaired) electrons. The molecule has 1 amide bonds. The Morgan fingerprint density at radius 1 is 1.10 bits per heavy atom. The van der Waals surface area contributed by atoms with Crippen LogP contribution in [0.2, 0.25) is 0 Å². The van der Waals surface area contributed by atoms with Crippen molar-refractivity contribution in [2.75, 3.05) is 26.8 Å². The van der Waals surface area contributed by atoms with Crippen molar-refractivity contribution in [2.45, 2.75) is 44.0 Å². The number of amides is 1. The number of hydrogen-bond acceptors (Lipinski definition) is 4. The molecule has 2 aliphatic rings. The van der Waals surface area contributed by atoms with Crippen LogP contribution < -0.4 is 4.74 Å². The topological polar surface area (TPSA) is 48.0 Å². The predicted octanol–water partition coefficient (Wildman–Crippen LogP) is 4.07. The van der Waals surface area contributed by atoms with Crippen LogP contribution in [0.15, 0.2) is 54.6 Å². The van der Waals surface area contributed by atoms with Crippen molar-refractivity contribution in [3.8, 4) is 5.75 Å². The van der Waals surface area contributed by atoms with Crippen molar-refractivity contribution in [1.82, 2.24) is 4.90 Å². The first-order chi connectivity index (χ1) is 14.2. The molecule has 4 rings (SSSR count). The number of carbonyl (C=O) groups excluding carboxylic acids is 1. The Hall–Kier alpha value is -2.37. The first kappa shape index (κ1) is 19.9. The van der Waals surface area contributed by atoms with Gasteiger partial charge < -0.3 is 19.1 Å². The van der Waals surface area contributed by atoms with Crippen LogP contribution in [-0.2, 0) is 16.1 Å². The summed E-state index contributed by atoms with van der Waals surface area (Å²) in [6.07, 6.45) is 3.78. The lowest BCUT2D eigenvalue weighted by molar-refractivity contribution is -0.154. The number of piperidine rings is 1. The molecule has 2 aromatic rings. The summed E-state index contributed by atoms with van der Waals surface area (Å²) in [4.78, 5) is 14.7. The molecule has 2 aliphatic heterocycles. The van der Waals surface area contributed by atoms with Crippen molar-refractivity contribution in [2.24, 2.45) is 0 Å². The highest BCUT2D eigenvalue weighted by Crippen LogP contribution is 2.36. The molecule has 2 heterocycles. The lowest BCUT2D eigenvalue weighted by Crippen LogP contribution is -2.52. The molecule has 2 saturated heterocycles. The summed E-state index contributed by atoms with van der Waals surface area (Å²) >= 11 is 0. The average molecular weight is 395 g/mol. The number of methoxy groups -OCH3 is 1. The molecular weight excluding hydrogens is 366 g/mol. The third kappa shape index (κ3) is 4.80. The number of rotatable bonds is 5. The highest BCUT2D eigenvalue weighted by atomic mass is 16.5. The van der Waals surface area contributed by atoms with Crippen molar-refractivity contribution >= 4 is 5.91 Å². The summed E-state index contributed by atoms with van der Waals surface area (Å²) in [7, 11) is 1.63. The minimum Gasteiger partial charge on any atom is -0.497 e.